The van der Waals surface area contributed by atoms with Crippen molar-refractivity contribution in [2.75, 3.05) is 0 Å². The lowest BCUT2D eigenvalue weighted by Gasteiger charge is -2.12. The van der Waals surface area contributed by atoms with Gasteiger partial charge in [0.1, 0.15) is 11.6 Å². The number of hydrogen-bond acceptors (Lipinski definition) is 2. The second kappa shape index (κ2) is 3.60. The minimum absolute atomic E-state index is 0.221. The van der Waals surface area contributed by atoms with Gasteiger partial charge < -0.3 is 0 Å². The number of rotatable bonds is 0. The largest absolute Gasteiger partial charge is 0.299 e. The maximum absolute atomic E-state index is 11.6. The van der Waals surface area contributed by atoms with Crippen LogP contribution in [0.4, 0.5) is 0 Å². The maximum Gasteiger partial charge on any atom is 0.136 e. The molecule has 0 aliphatic heterocycles. The average molecular weight is 180 g/mol. The van der Waals surface area contributed by atoms with Gasteiger partial charge in [0.25, 0.3) is 0 Å². The molecule has 2 saturated carbocycles. The topological polar surface area (TPSA) is 34.1 Å². The summed E-state index contributed by atoms with van der Waals surface area (Å²) >= 11 is 0. The first-order chi connectivity index (χ1) is 6.27. The molecule has 2 aliphatic rings. The van der Waals surface area contributed by atoms with Crippen molar-refractivity contribution < 1.29 is 9.59 Å². The molecule has 0 aromatic carbocycles. The highest BCUT2D eigenvalue weighted by Gasteiger charge is 2.32. The van der Waals surface area contributed by atoms with Gasteiger partial charge in [-0.15, -0.1) is 0 Å². The first kappa shape index (κ1) is 8.92. The summed E-state index contributed by atoms with van der Waals surface area (Å²) in [6.45, 7) is 0. The summed E-state index contributed by atoms with van der Waals surface area (Å²) in [4.78, 5) is 23.1. The smallest absolute Gasteiger partial charge is 0.136 e. The summed E-state index contributed by atoms with van der Waals surface area (Å²) in [6.07, 6.45) is 6.08. The van der Waals surface area contributed by atoms with E-state index >= 15 is 0 Å². The van der Waals surface area contributed by atoms with Gasteiger partial charge in [-0.3, -0.25) is 9.59 Å². The zero-order valence-electron chi connectivity index (χ0n) is 7.92. The molecule has 0 amide bonds. The molecule has 0 heterocycles. The van der Waals surface area contributed by atoms with Gasteiger partial charge in [0.05, 0.1) is 0 Å². The Hall–Kier alpha value is -0.660. The summed E-state index contributed by atoms with van der Waals surface area (Å²) in [5.41, 5.74) is 0. The van der Waals surface area contributed by atoms with Gasteiger partial charge in [-0.05, 0) is 32.1 Å². The maximum atomic E-state index is 11.6. The third-order valence-corrected chi connectivity index (χ3v) is 3.43. The normalized spacial score (nSPS) is 35.4. The fourth-order valence-corrected chi connectivity index (χ4v) is 2.62. The molecule has 2 heteroatoms. The van der Waals surface area contributed by atoms with Crippen LogP contribution in [0.2, 0.25) is 0 Å². The van der Waals surface area contributed by atoms with Gasteiger partial charge in [0, 0.05) is 24.7 Å². The van der Waals surface area contributed by atoms with Crippen LogP contribution in [0.1, 0.15) is 44.9 Å². The van der Waals surface area contributed by atoms with Crippen molar-refractivity contribution in [1.82, 2.24) is 0 Å². The van der Waals surface area contributed by atoms with Crippen LogP contribution in [0.5, 0.6) is 0 Å². The van der Waals surface area contributed by atoms with Crippen LogP contribution in [0.25, 0.3) is 0 Å². The number of carbonyl (C=O) groups excluding carboxylic acids is 2. The van der Waals surface area contributed by atoms with E-state index in [4.69, 9.17) is 0 Å². The number of hydrogen-bond donors (Lipinski definition) is 0. The monoisotopic (exact) mass is 180 g/mol. The zero-order chi connectivity index (χ0) is 9.26. The summed E-state index contributed by atoms with van der Waals surface area (Å²) in [6, 6.07) is 0. The molecule has 13 heavy (non-hydrogen) atoms. The van der Waals surface area contributed by atoms with E-state index in [2.05, 4.69) is 0 Å². The van der Waals surface area contributed by atoms with E-state index in [9.17, 15) is 9.59 Å². The average Bonchev–Trinajstić information content (AvgIpc) is 2.38. The predicted octanol–water partition coefficient (Wildman–Crippen LogP) is 2.11. The number of fused-ring (bicyclic) bond motifs is 2. The Balaban J connectivity index is 2.16. The molecule has 2 fully saturated rings. The third kappa shape index (κ3) is 1.82. The Morgan fingerprint density at radius 1 is 0.846 bits per heavy atom. The third-order valence-electron chi connectivity index (χ3n) is 3.43. The molecule has 0 unspecified atom stereocenters. The van der Waals surface area contributed by atoms with Crippen molar-refractivity contribution in [3.05, 3.63) is 0 Å². The van der Waals surface area contributed by atoms with E-state index in [1.165, 1.54) is 0 Å². The quantitative estimate of drug-likeness (QED) is 0.572. The molecule has 2 aliphatic carbocycles. The van der Waals surface area contributed by atoms with Crippen molar-refractivity contribution >= 4 is 11.6 Å². The Bertz CT molecular complexity index is 208. The first-order valence-electron chi connectivity index (χ1n) is 5.33. The summed E-state index contributed by atoms with van der Waals surface area (Å²) in [7, 11) is 0. The summed E-state index contributed by atoms with van der Waals surface area (Å²) < 4.78 is 0. The van der Waals surface area contributed by atoms with E-state index in [1.807, 2.05) is 0 Å². The van der Waals surface area contributed by atoms with E-state index in [0.717, 1.165) is 32.1 Å². The molecule has 0 radical (unpaired) electrons. The second-order valence-electron chi connectivity index (χ2n) is 4.35. The molecule has 0 saturated heterocycles. The Kier molecular flexibility index (Phi) is 2.47. The Morgan fingerprint density at radius 3 is 1.77 bits per heavy atom. The molecule has 0 N–H and O–H groups in total. The van der Waals surface area contributed by atoms with Gasteiger partial charge >= 0.3 is 0 Å². The van der Waals surface area contributed by atoms with Gasteiger partial charge in [-0.1, -0.05) is 0 Å². The summed E-state index contributed by atoms with van der Waals surface area (Å²) in [5.74, 6) is 1.27. The number of carbonyl (C=O) groups is 2. The summed E-state index contributed by atoms with van der Waals surface area (Å²) in [5, 5.41) is 0. The van der Waals surface area contributed by atoms with E-state index in [0.29, 0.717) is 24.4 Å². The Labute approximate surface area is 78.7 Å². The molecule has 0 spiro atoms. The highest BCUT2D eigenvalue weighted by atomic mass is 16.1. The van der Waals surface area contributed by atoms with Gasteiger partial charge in [-0.25, -0.2) is 0 Å². The SMILES string of the molecule is O=C1CCC[C@H]2C[C@@H]1CCCC2=O. The minimum Gasteiger partial charge on any atom is -0.299 e. The van der Waals surface area contributed by atoms with Gasteiger partial charge in [0.2, 0.25) is 0 Å². The van der Waals surface area contributed by atoms with Crippen molar-refractivity contribution in [3.8, 4) is 0 Å². The lowest BCUT2D eigenvalue weighted by atomic mass is 9.91. The fourth-order valence-electron chi connectivity index (χ4n) is 2.62. The van der Waals surface area contributed by atoms with Crippen LogP contribution in [0.15, 0.2) is 0 Å². The van der Waals surface area contributed by atoms with Gasteiger partial charge in [0.15, 0.2) is 0 Å². The number of ketones is 2. The molecular weight excluding hydrogens is 164 g/mol. The van der Waals surface area contributed by atoms with Crippen molar-refractivity contribution in [1.29, 1.82) is 0 Å². The first-order valence-corrected chi connectivity index (χ1v) is 5.33. The van der Waals surface area contributed by atoms with Crippen LogP contribution in [0, 0.1) is 11.8 Å². The molecule has 0 aromatic rings. The van der Waals surface area contributed by atoms with Crippen LogP contribution in [0.3, 0.4) is 0 Å². The van der Waals surface area contributed by atoms with Crippen molar-refractivity contribution in [2.45, 2.75) is 44.9 Å². The predicted molar refractivity (Wildman–Crippen MR) is 49.3 cm³/mol. The fraction of sp³-hybridized carbons (Fsp3) is 0.818. The van der Waals surface area contributed by atoms with Crippen molar-refractivity contribution in [2.24, 2.45) is 11.8 Å². The standard InChI is InChI=1S/C11H16O2/c12-10-5-1-3-8-7-9(10)4-2-6-11(8)13/h8-9H,1-7H2/t8-,9-/m0/s1. The van der Waals surface area contributed by atoms with Crippen LogP contribution >= 0.6 is 0 Å². The minimum atomic E-state index is 0.221. The molecule has 2 nitrogen and oxygen atoms in total. The van der Waals surface area contributed by atoms with E-state index in [-0.39, 0.29) is 11.8 Å². The molecular formula is C11H16O2. The second-order valence-corrected chi connectivity index (χ2v) is 4.35. The van der Waals surface area contributed by atoms with Crippen LogP contribution in [-0.4, -0.2) is 11.6 Å². The molecule has 0 aromatic heterocycles. The lowest BCUT2D eigenvalue weighted by Crippen LogP contribution is -2.15. The highest BCUT2D eigenvalue weighted by molar-refractivity contribution is 5.86. The van der Waals surface area contributed by atoms with Gasteiger partial charge in [-0.2, -0.15) is 0 Å². The molecule has 2 atom stereocenters. The van der Waals surface area contributed by atoms with E-state index < -0.39 is 0 Å². The van der Waals surface area contributed by atoms with Crippen LogP contribution in [-0.2, 0) is 9.59 Å². The molecule has 72 valence electrons. The van der Waals surface area contributed by atoms with E-state index in [1.54, 1.807) is 0 Å². The van der Waals surface area contributed by atoms with Crippen LogP contribution < -0.4 is 0 Å². The molecule has 2 bridgehead atoms. The molecule has 2 rings (SSSR count). The highest BCUT2D eigenvalue weighted by Crippen LogP contribution is 2.33. The van der Waals surface area contributed by atoms with Crippen molar-refractivity contribution in [3.63, 3.8) is 0 Å². The Morgan fingerprint density at radius 2 is 1.31 bits per heavy atom. The zero-order valence-corrected chi connectivity index (χ0v) is 7.92. The lowest BCUT2D eigenvalue weighted by molar-refractivity contribution is -0.123. The number of Topliss-reactive ketones (excluding diaryl/α,β-unsaturated/α-hetero) is 2.